The minimum Gasteiger partial charge on any atom is -0.477 e. The van der Waals surface area contributed by atoms with Crippen LogP contribution in [0.5, 0.6) is 0 Å². The van der Waals surface area contributed by atoms with Gasteiger partial charge in [0.2, 0.25) is 23.6 Å². The highest BCUT2D eigenvalue weighted by atomic mass is 16.8. The largest absolute Gasteiger partial charge is 0.477 e. The molecule has 0 saturated carbocycles. The molecule has 0 aromatic heterocycles. The molecule has 6 saturated heterocycles. The summed E-state index contributed by atoms with van der Waals surface area (Å²) >= 11 is 0. The molecule has 25 N–H and O–H groups in total. The minimum absolute atomic E-state index is 0.115. The van der Waals surface area contributed by atoms with E-state index in [1.807, 2.05) is 0 Å². The lowest BCUT2D eigenvalue weighted by Crippen LogP contribution is -2.72. The smallest absolute Gasteiger partial charge is 0.364 e. The number of aliphatic hydroxyl groups is 19. The quantitative estimate of drug-likeness (QED) is 0.0205. The van der Waals surface area contributed by atoms with Gasteiger partial charge in [0.25, 0.3) is 11.6 Å². The monoisotopic (exact) mass is 1840 g/mol. The molecule has 0 aromatic rings. The van der Waals surface area contributed by atoms with Crippen molar-refractivity contribution in [2.75, 3.05) is 46.2 Å². The van der Waals surface area contributed by atoms with Crippen LogP contribution in [-0.2, 0) is 85.6 Å². The highest BCUT2D eigenvalue weighted by Gasteiger charge is 2.63. The summed E-state index contributed by atoms with van der Waals surface area (Å²) in [7, 11) is 0. The molecule has 0 spiro atoms. The zero-order chi connectivity index (χ0) is 93.8. The number of nitrogens with one attached hydrogen (secondary N) is 4. The Morgan fingerprint density at radius 1 is 0.425 bits per heavy atom. The maximum absolute atomic E-state index is 13.7. The summed E-state index contributed by atoms with van der Waals surface area (Å²) in [5, 5.41) is 247. The standard InChI is InChI=1S/C84H148N4O39/c1-6-8-10-12-14-16-18-20-21-23-25-27-29-31-33-35-58(102)88-48(49(97)34-32-30-28-26-24-22-19-17-15-13-11-9-7-2)43-116-78-68(109)67(108)71(56(42-93)120-78)122-79-69(110)75(64(105)54(40-91)118-79)124-77-61(87-47(5)96)72(66(107)57(121-77)44-117-83(81(112)113)36-50(98)59(85-45(3)94)73(125-83)62(103)52(100)38-89)123-80-70(111)76(65(106)55(41-92)119-80)127-84(82(114)115)37-51(99)60(86-46(4)95)74(126-84)63(104)53(101)39-90/h32,34,48-57,59-80,89-93,97-101,103-111H,6-31,33,35-44H2,1-5H3,(H,85,94)(H,86,95)(H,87,96)(H,88,102)(H,112,113)(H,114,115)/b34-32+/t48-,49+,50?,51?,52+,53+,54?,55?,56?,57?,59+,60+,61?,62+,63+,64-,65-,66+,67+,68?,69?,70?,71+,72+,73?,74?,75-,76-,77-,78+,79-,80-,83+,84-/m0/s1. The molecule has 12 unspecified atom stereocenters. The van der Waals surface area contributed by atoms with E-state index in [0.717, 1.165) is 85.0 Å². The van der Waals surface area contributed by atoms with Crippen molar-refractivity contribution >= 4 is 35.6 Å². The van der Waals surface area contributed by atoms with E-state index in [0.29, 0.717) is 12.8 Å². The molecule has 738 valence electrons. The number of hydrogen-bond donors (Lipinski definition) is 25. The van der Waals surface area contributed by atoms with E-state index in [-0.39, 0.29) is 6.42 Å². The van der Waals surface area contributed by atoms with Crippen molar-refractivity contribution in [2.45, 2.75) is 435 Å². The third-order valence-corrected chi connectivity index (χ3v) is 24.1. The van der Waals surface area contributed by atoms with Gasteiger partial charge in [0, 0.05) is 40.0 Å². The Kier molecular flexibility index (Phi) is 49.4. The van der Waals surface area contributed by atoms with Gasteiger partial charge >= 0.3 is 11.9 Å². The summed E-state index contributed by atoms with van der Waals surface area (Å²) in [4.78, 5) is 79.0. The Morgan fingerprint density at radius 2 is 0.811 bits per heavy atom. The summed E-state index contributed by atoms with van der Waals surface area (Å²) in [6.45, 7) is -0.671. The third-order valence-electron chi connectivity index (χ3n) is 24.1. The van der Waals surface area contributed by atoms with Gasteiger partial charge in [0.05, 0.1) is 82.7 Å². The first kappa shape index (κ1) is 111. The average Bonchev–Trinajstić information content (AvgIpc) is 0.752. The Labute approximate surface area is 740 Å². The predicted octanol–water partition coefficient (Wildman–Crippen LogP) is -3.87. The van der Waals surface area contributed by atoms with E-state index in [4.69, 9.17) is 56.8 Å². The van der Waals surface area contributed by atoms with E-state index in [9.17, 15) is 136 Å². The van der Waals surface area contributed by atoms with Crippen LogP contribution in [0.15, 0.2) is 12.2 Å². The van der Waals surface area contributed by atoms with E-state index < -0.39 is 302 Å². The number of rotatable bonds is 59. The number of allylic oxidation sites excluding steroid dienone is 1. The number of aliphatic hydroxyl groups excluding tert-OH is 19. The topological polar surface area (TPSA) is 686 Å². The molecule has 6 rings (SSSR count). The van der Waals surface area contributed by atoms with Gasteiger partial charge in [-0.15, -0.1) is 0 Å². The van der Waals surface area contributed by atoms with Crippen LogP contribution in [-0.4, -0.2) is 396 Å². The van der Waals surface area contributed by atoms with Crippen molar-refractivity contribution in [3.05, 3.63) is 12.2 Å². The van der Waals surface area contributed by atoms with Gasteiger partial charge in [-0.1, -0.05) is 180 Å². The molecule has 43 heteroatoms. The molecule has 34 atom stereocenters. The van der Waals surface area contributed by atoms with Crippen LogP contribution in [0.25, 0.3) is 0 Å². The molecule has 0 bridgehead atoms. The number of ether oxygens (including phenoxy) is 12. The number of aliphatic carboxylic acids is 2. The predicted molar refractivity (Wildman–Crippen MR) is 440 cm³/mol. The van der Waals surface area contributed by atoms with E-state index in [1.165, 1.54) is 102 Å². The summed E-state index contributed by atoms with van der Waals surface area (Å²) in [5.41, 5.74) is 0. The van der Waals surface area contributed by atoms with Crippen molar-refractivity contribution < 1.29 is 193 Å². The van der Waals surface area contributed by atoms with Crippen LogP contribution < -0.4 is 21.3 Å². The van der Waals surface area contributed by atoms with Crippen molar-refractivity contribution in [1.29, 1.82) is 0 Å². The summed E-state index contributed by atoms with van der Waals surface area (Å²) in [6.07, 6.45) is -30.9. The maximum Gasteiger partial charge on any atom is 0.364 e. The van der Waals surface area contributed by atoms with Crippen LogP contribution in [0, 0.1) is 0 Å². The molecule has 0 aromatic carbocycles. The second kappa shape index (κ2) is 56.5. The van der Waals surface area contributed by atoms with Gasteiger partial charge in [-0.05, 0) is 19.3 Å². The fraction of sp³-hybridized carbons (Fsp3) is 0.905. The lowest BCUT2D eigenvalue weighted by Gasteiger charge is -2.52. The summed E-state index contributed by atoms with van der Waals surface area (Å²) in [6, 6.07) is -6.88. The van der Waals surface area contributed by atoms with Crippen molar-refractivity contribution in [2.24, 2.45) is 0 Å². The molecule has 43 nitrogen and oxygen atoms in total. The van der Waals surface area contributed by atoms with Gasteiger partial charge < -0.3 is 185 Å². The fourth-order valence-electron chi connectivity index (χ4n) is 16.8. The average molecular weight is 1840 g/mol. The summed E-state index contributed by atoms with van der Waals surface area (Å²) < 4.78 is 71.6. The normalized spacial score (nSPS) is 35.1. The first-order chi connectivity index (χ1) is 60.5. The lowest BCUT2D eigenvalue weighted by molar-refractivity contribution is -0.391. The zero-order valence-corrected chi connectivity index (χ0v) is 73.5. The van der Waals surface area contributed by atoms with Crippen molar-refractivity contribution in [1.82, 2.24) is 21.3 Å². The van der Waals surface area contributed by atoms with Gasteiger partial charge in [0.15, 0.2) is 25.2 Å². The van der Waals surface area contributed by atoms with Gasteiger partial charge in [-0.2, -0.15) is 0 Å². The van der Waals surface area contributed by atoms with Crippen LogP contribution in [0.2, 0.25) is 0 Å². The number of carboxylic acid groups (broad SMARTS) is 2. The van der Waals surface area contributed by atoms with Crippen LogP contribution >= 0.6 is 0 Å². The molecular weight excluding hydrogens is 1690 g/mol. The van der Waals surface area contributed by atoms with Crippen molar-refractivity contribution in [3.8, 4) is 0 Å². The Morgan fingerprint density at radius 3 is 1.26 bits per heavy atom. The molecule has 6 fully saturated rings. The number of amides is 4. The van der Waals surface area contributed by atoms with Crippen LogP contribution in [0.4, 0.5) is 0 Å². The zero-order valence-electron chi connectivity index (χ0n) is 73.5. The summed E-state index contributed by atoms with van der Waals surface area (Å²) in [5.74, 6) is -14.2. The van der Waals surface area contributed by atoms with Gasteiger partial charge in [-0.25, -0.2) is 9.59 Å². The van der Waals surface area contributed by atoms with Gasteiger partial charge in [0.1, 0.15) is 134 Å². The molecule has 6 aliphatic heterocycles. The fourth-order valence-corrected chi connectivity index (χ4v) is 16.8. The first-order valence-electron chi connectivity index (χ1n) is 45.2. The second-order valence-corrected chi connectivity index (χ2v) is 34.3. The molecule has 6 heterocycles. The lowest BCUT2D eigenvalue weighted by atomic mass is 9.88. The second-order valence-electron chi connectivity index (χ2n) is 34.3. The Balaban J connectivity index is 1.28. The number of hydrogen-bond acceptors (Lipinski definition) is 37. The van der Waals surface area contributed by atoms with E-state index >= 15 is 0 Å². The van der Waals surface area contributed by atoms with Gasteiger partial charge in [-0.3, -0.25) is 19.2 Å². The van der Waals surface area contributed by atoms with Crippen LogP contribution in [0.1, 0.15) is 227 Å². The molecule has 4 amide bonds. The maximum atomic E-state index is 13.7. The third kappa shape index (κ3) is 32.8. The molecule has 0 aliphatic carbocycles. The SMILES string of the molecule is CCCCCCCCCCCCC/C=C/[C@@H](O)[C@H](CO[C@@H]1OC(CO)[C@@H](O[C@@H]2OC(CO)[C@H](O)[C@H](O[C@@H]3OC(CO[C@]4(C(=O)O)CC(O)[C@@H](NC(C)=O)C([C@H](O)[C@H](O)CO)O4)[C@@H](O)[C@H](O[C@@H]4OC(CO)[C@H](O)[C@H](O[C@]5(C(=O)O)CC(O)[C@@H](NC(C)=O)C([C@H](O)[C@H](O)CO)O5)C4O)C3NC(C)=O)C2O)[C@H](O)C1O)NC(=O)CCCCCCCCCCCCCCCCC. The molecule has 127 heavy (non-hydrogen) atoms. The number of carbonyl (C=O) groups excluding carboxylic acids is 4. The number of carboxylic acids is 2. The molecule has 6 aliphatic rings. The Bertz CT molecular complexity index is 3200. The molecular formula is C84H148N4O39. The minimum atomic E-state index is -3.37. The highest BCUT2D eigenvalue weighted by Crippen LogP contribution is 2.42. The highest BCUT2D eigenvalue weighted by molar-refractivity contribution is 5.78. The van der Waals surface area contributed by atoms with Crippen LogP contribution in [0.3, 0.4) is 0 Å². The van der Waals surface area contributed by atoms with E-state index in [2.05, 4.69) is 35.1 Å². The number of unbranched alkanes of at least 4 members (excludes halogenated alkanes) is 25. The van der Waals surface area contributed by atoms with Crippen molar-refractivity contribution in [3.63, 3.8) is 0 Å². The van der Waals surface area contributed by atoms with E-state index in [1.54, 1.807) is 6.08 Å². The number of carbonyl (C=O) groups is 6. The Hall–Kier alpha value is -4.68. The molecule has 0 radical (unpaired) electrons. The first-order valence-corrected chi connectivity index (χ1v) is 45.2.